The van der Waals surface area contributed by atoms with Crippen molar-refractivity contribution in [2.24, 2.45) is 0 Å². The first-order valence-corrected chi connectivity index (χ1v) is 7.25. The number of benzene rings is 2. The number of nitrogens with one attached hydrogen (secondary N) is 1. The van der Waals surface area contributed by atoms with Gasteiger partial charge in [-0.3, -0.25) is 4.79 Å². The Morgan fingerprint density at radius 2 is 1.59 bits per heavy atom. The Labute approximate surface area is 138 Å². The van der Waals surface area contributed by atoms with E-state index in [1.807, 2.05) is 30.3 Å². The SMILES string of the molecule is O=C(COC(=O)c1c(Cl)cccc1Cl)NCc1ccccc1. The second kappa shape index (κ2) is 7.82. The number of halogens is 2. The van der Waals surface area contributed by atoms with Gasteiger partial charge >= 0.3 is 5.97 Å². The average Bonchev–Trinajstić information content (AvgIpc) is 2.52. The Bertz CT molecular complexity index is 654. The highest BCUT2D eigenvalue weighted by Crippen LogP contribution is 2.24. The summed E-state index contributed by atoms with van der Waals surface area (Å²) in [4.78, 5) is 23.6. The summed E-state index contributed by atoms with van der Waals surface area (Å²) in [6.45, 7) is -0.0305. The third kappa shape index (κ3) is 4.48. The van der Waals surface area contributed by atoms with E-state index >= 15 is 0 Å². The number of carbonyl (C=O) groups is 2. The molecular weight excluding hydrogens is 325 g/mol. The highest BCUT2D eigenvalue weighted by Gasteiger charge is 2.17. The van der Waals surface area contributed by atoms with Crippen molar-refractivity contribution in [2.75, 3.05) is 6.61 Å². The summed E-state index contributed by atoms with van der Waals surface area (Å²) >= 11 is 11.8. The van der Waals surface area contributed by atoms with Crippen LogP contribution in [-0.4, -0.2) is 18.5 Å². The second-order valence-electron chi connectivity index (χ2n) is 4.44. The van der Waals surface area contributed by atoms with Crippen LogP contribution in [0.5, 0.6) is 0 Å². The molecule has 22 heavy (non-hydrogen) atoms. The van der Waals surface area contributed by atoms with E-state index in [-0.39, 0.29) is 15.6 Å². The summed E-state index contributed by atoms with van der Waals surface area (Å²) in [5, 5.41) is 3.02. The zero-order valence-corrected chi connectivity index (χ0v) is 13.0. The van der Waals surface area contributed by atoms with Gasteiger partial charge in [-0.25, -0.2) is 4.79 Å². The van der Waals surface area contributed by atoms with Gasteiger partial charge in [0.05, 0.1) is 15.6 Å². The minimum atomic E-state index is -0.731. The molecule has 114 valence electrons. The van der Waals surface area contributed by atoms with E-state index in [0.29, 0.717) is 6.54 Å². The number of hydrogen-bond donors (Lipinski definition) is 1. The van der Waals surface area contributed by atoms with E-state index in [4.69, 9.17) is 27.9 Å². The lowest BCUT2D eigenvalue weighted by Crippen LogP contribution is -2.28. The summed E-state index contributed by atoms with van der Waals surface area (Å²) in [6, 6.07) is 14.1. The highest BCUT2D eigenvalue weighted by molar-refractivity contribution is 6.39. The molecule has 6 heteroatoms. The molecule has 1 N–H and O–H groups in total. The van der Waals surface area contributed by atoms with Gasteiger partial charge in [-0.1, -0.05) is 59.6 Å². The normalized spacial score (nSPS) is 10.1. The van der Waals surface area contributed by atoms with Gasteiger partial charge < -0.3 is 10.1 Å². The number of carbonyl (C=O) groups excluding carboxylic acids is 2. The topological polar surface area (TPSA) is 55.4 Å². The Balaban J connectivity index is 1.85. The first kappa shape index (κ1) is 16.3. The van der Waals surface area contributed by atoms with E-state index in [1.54, 1.807) is 6.07 Å². The van der Waals surface area contributed by atoms with Crippen LogP contribution in [0.2, 0.25) is 10.0 Å². The maximum atomic E-state index is 11.9. The molecule has 0 saturated heterocycles. The zero-order chi connectivity index (χ0) is 15.9. The van der Waals surface area contributed by atoms with Crippen LogP contribution in [0, 0.1) is 0 Å². The predicted octanol–water partition coefficient (Wildman–Crippen LogP) is 3.47. The summed E-state index contributed by atoms with van der Waals surface area (Å²) in [7, 11) is 0. The maximum absolute atomic E-state index is 11.9. The number of amides is 1. The van der Waals surface area contributed by atoms with Crippen LogP contribution in [0.25, 0.3) is 0 Å². The molecule has 0 unspecified atom stereocenters. The summed E-state index contributed by atoms with van der Waals surface area (Å²) in [5.41, 5.74) is 1.01. The molecule has 0 heterocycles. The Kier molecular flexibility index (Phi) is 5.81. The van der Waals surface area contributed by atoms with Crippen molar-refractivity contribution in [3.63, 3.8) is 0 Å². The van der Waals surface area contributed by atoms with Gasteiger partial charge in [-0.2, -0.15) is 0 Å². The lowest BCUT2D eigenvalue weighted by Gasteiger charge is -2.08. The minimum Gasteiger partial charge on any atom is -0.452 e. The Morgan fingerprint density at radius 1 is 0.955 bits per heavy atom. The Hall–Kier alpha value is -2.04. The van der Waals surface area contributed by atoms with Crippen molar-refractivity contribution < 1.29 is 14.3 Å². The van der Waals surface area contributed by atoms with E-state index in [1.165, 1.54) is 12.1 Å². The molecule has 0 aliphatic rings. The average molecular weight is 338 g/mol. The molecule has 0 spiro atoms. The van der Waals surface area contributed by atoms with E-state index in [9.17, 15) is 9.59 Å². The van der Waals surface area contributed by atoms with Gasteiger partial charge in [-0.15, -0.1) is 0 Å². The van der Waals surface area contributed by atoms with Gasteiger partial charge in [0.1, 0.15) is 0 Å². The van der Waals surface area contributed by atoms with Crippen molar-refractivity contribution in [3.05, 3.63) is 69.7 Å². The van der Waals surface area contributed by atoms with Crippen LogP contribution in [0.3, 0.4) is 0 Å². The van der Waals surface area contributed by atoms with Crippen molar-refractivity contribution in [3.8, 4) is 0 Å². The molecule has 0 bridgehead atoms. The fraction of sp³-hybridized carbons (Fsp3) is 0.125. The Morgan fingerprint density at radius 3 is 2.23 bits per heavy atom. The first-order chi connectivity index (χ1) is 10.6. The van der Waals surface area contributed by atoms with Crippen LogP contribution in [0.15, 0.2) is 48.5 Å². The molecule has 0 saturated carbocycles. The van der Waals surface area contributed by atoms with Gasteiger partial charge in [0, 0.05) is 6.54 Å². The van der Waals surface area contributed by atoms with Crippen LogP contribution in [0.4, 0.5) is 0 Å². The van der Waals surface area contributed by atoms with Crippen LogP contribution in [0.1, 0.15) is 15.9 Å². The van der Waals surface area contributed by atoms with Crippen LogP contribution in [-0.2, 0) is 16.1 Å². The third-order valence-corrected chi connectivity index (χ3v) is 3.46. The van der Waals surface area contributed by atoms with Crippen LogP contribution >= 0.6 is 23.2 Å². The van der Waals surface area contributed by atoms with E-state index in [2.05, 4.69) is 5.32 Å². The number of rotatable bonds is 5. The number of ether oxygens (including phenoxy) is 1. The highest BCUT2D eigenvalue weighted by atomic mass is 35.5. The van der Waals surface area contributed by atoms with Crippen molar-refractivity contribution >= 4 is 35.1 Å². The van der Waals surface area contributed by atoms with Crippen molar-refractivity contribution in [1.82, 2.24) is 5.32 Å². The lowest BCUT2D eigenvalue weighted by molar-refractivity contribution is -0.124. The smallest absolute Gasteiger partial charge is 0.341 e. The standard InChI is InChI=1S/C16H13Cl2NO3/c17-12-7-4-8-13(18)15(12)16(21)22-10-14(20)19-9-11-5-2-1-3-6-11/h1-8H,9-10H2,(H,19,20). The van der Waals surface area contributed by atoms with Crippen LogP contribution < -0.4 is 5.32 Å². The molecule has 1 amide bonds. The molecule has 2 aromatic carbocycles. The summed E-state index contributed by atoms with van der Waals surface area (Å²) < 4.78 is 4.92. The maximum Gasteiger partial charge on any atom is 0.341 e. The van der Waals surface area contributed by atoms with E-state index in [0.717, 1.165) is 5.56 Å². The van der Waals surface area contributed by atoms with E-state index < -0.39 is 18.5 Å². The molecule has 4 nitrogen and oxygen atoms in total. The summed E-state index contributed by atoms with van der Waals surface area (Å²) in [5.74, 6) is -1.13. The molecule has 2 aromatic rings. The second-order valence-corrected chi connectivity index (χ2v) is 5.25. The third-order valence-electron chi connectivity index (χ3n) is 2.83. The fourth-order valence-electron chi connectivity index (χ4n) is 1.74. The van der Waals surface area contributed by atoms with Gasteiger partial charge in [0.25, 0.3) is 5.91 Å². The first-order valence-electron chi connectivity index (χ1n) is 6.49. The zero-order valence-electron chi connectivity index (χ0n) is 11.5. The molecule has 0 radical (unpaired) electrons. The number of hydrogen-bond acceptors (Lipinski definition) is 3. The number of esters is 1. The largest absolute Gasteiger partial charge is 0.452 e. The lowest BCUT2D eigenvalue weighted by atomic mass is 10.2. The van der Waals surface area contributed by atoms with Gasteiger partial charge in [-0.05, 0) is 17.7 Å². The van der Waals surface area contributed by atoms with Crippen molar-refractivity contribution in [2.45, 2.75) is 6.54 Å². The molecule has 0 atom stereocenters. The molecule has 0 aromatic heterocycles. The monoisotopic (exact) mass is 337 g/mol. The van der Waals surface area contributed by atoms with Gasteiger partial charge in [0.2, 0.25) is 0 Å². The predicted molar refractivity (Wildman–Crippen MR) is 85.0 cm³/mol. The minimum absolute atomic E-state index is 0.0571. The van der Waals surface area contributed by atoms with Gasteiger partial charge in [0.15, 0.2) is 6.61 Å². The fourth-order valence-corrected chi connectivity index (χ4v) is 2.30. The molecule has 0 aliphatic heterocycles. The molecule has 0 aliphatic carbocycles. The van der Waals surface area contributed by atoms with Crippen molar-refractivity contribution in [1.29, 1.82) is 0 Å². The quantitative estimate of drug-likeness (QED) is 0.850. The molecular formula is C16H13Cl2NO3. The summed E-state index contributed by atoms with van der Waals surface area (Å²) in [6.07, 6.45) is 0. The molecule has 0 fully saturated rings. The molecule has 2 rings (SSSR count).